The summed E-state index contributed by atoms with van der Waals surface area (Å²) in [6.07, 6.45) is 4.13. The first-order valence-electron chi connectivity index (χ1n) is 5.16. The molecule has 6 nitrogen and oxygen atoms in total. The van der Waals surface area contributed by atoms with Gasteiger partial charge in [-0.25, -0.2) is 0 Å². The summed E-state index contributed by atoms with van der Waals surface area (Å²) in [5, 5.41) is 10.9. The highest BCUT2D eigenvalue weighted by Crippen LogP contribution is 2.08. The maximum Gasteiger partial charge on any atom is 0.220 e. The van der Waals surface area contributed by atoms with E-state index in [0.717, 1.165) is 18.5 Å². The molecular weight excluding hydrogens is 194 g/mol. The van der Waals surface area contributed by atoms with E-state index in [2.05, 4.69) is 15.6 Å². The number of hydrogen-bond acceptors (Lipinski definition) is 4. The van der Waals surface area contributed by atoms with Crippen LogP contribution in [0.4, 0.5) is 0 Å². The average molecular weight is 209 g/mol. The molecule has 6 heteroatoms. The minimum Gasteiger partial charge on any atom is -0.351 e. The third kappa shape index (κ3) is 2.53. The molecule has 15 heavy (non-hydrogen) atoms. The lowest BCUT2D eigenvalue weighted by Gasteiger charge is -2.08. The van der Waals surface area contributed by atoms with Gasteiger partial charge >= 0.3 is 0 Å². The highest BCUT2D eigenvalue weighted by molar-refractivity contribution is 5.78. The Labute approximate surface area is 87.8 Å². The topological polar surface area (TPSA) is 85.8 Å². The van der Waals surface area contributed by atoms with Gasteiger partial charge in [0.1, 0.15) is 0 Å². The molecule has 82 valence electrons. The van der Waals surface area contributed by atoms with Crippen LogP contribution in [-0.4, -0.2) is 33.5 Å². The molecule has 2 heterocycles. The van der Waals surface area contributed by atoms with Crippen molar-refractivity contribution in [2.45, 2.75) is 31.8 Å². The molecule has 0 radical (unpaired) electrons. The van der Waals surface area contributed by atoms with Gasteiger partial charge in [0.25, 0.3) is 0 Å². The Bertz CT molecular complexity index is 348. The number of nitrogens with one attached hydrogen (secondary N) is 1. The van der Waals surface area contributed by atoms with E-state index in [1.807, 2.05) is 6.20 Å². The third-order valence-corrected chi connectivity index (χ3v) is 2.48. The Kier molecular flexibility index (Phi) is 2.96. The van der Waals surface area contributed by atoms with E-state index in [0.29, 0.717) is 19.5 Å². The summed E-state index contributed by atoms with van der Waals surface area (Å²) in [4.78, 5) is 11.0. The van der Waals surface area contributed by atoms with Crippen LogP contribution >= 0.6 is 0 Å². The van der Waals surface area contributed by atoms with Crippen molar-refractivity contribution in [1.29, 1.82) is 0 Å². The fourth-order valence-electron chi connectivity index (χ4n) is 1.73. The second-order valence-corrected chi connectivity index (χ2v) is 3.77. The van der Waals surface area contributed by atoms with Crippen molar-refractivity contribution in [3.8, 4) is 0 Å². The standard InChI is InChI=1S/C9H15N5O/c10-4-3-8-6-14(13-12-8)5-7-1-2-9(15)11-7/h6-7H,1-5,10H2,(H,11,15). The molecule has 1 unspecified atom stereocenters. The lowest BCUT2D eigenvalue weighted by atomic mass is 10.2. The van der Waals surface area contributed by atoms with Gasteiger partial charge in [-0.2, -0.15) is 0 Å². The first-order valence-corrected chi connectivity index (χ1v) is 5.16. The summed E-state index contributed by atoms with van der Waals surface area (Å²) in [5.41, 5.74) is 6.32. The molecule has 3 N–H and O–H groups in total. The van der Waals surface area contributed by atoms with Crippen molar-refractivity contribution >= 4 is 5.91 Å². The predicted molar refractivity (Wildman–Crippen MR) is 53.9 cm³/mol. The molecule has 0 bridgehead atoms. The molecule has 1 aliphatic heterocycles. The average Bonchev–Trinajstić information content (AvgIpc) is 2.78. The molecule has 1 atom stereocenters. The van der Waals surface area contributed by atoms with Crippen LogP contribution in [0.3, 0.4) is 0 Å². The number of carbonyl (C=O) groups is 1. The largest absolute Gasteiger partial charge is 0.351 e. The molecule has 1 aromatic rings. The predicted octanol–water partition coefficient (Wildman–Crippen LogP) is -0.942. The van der Waals surface area contributed by atoms with E-state index in [9.17, 15) is 4.79 Å². The number of carbonyl (C=O) groups excluding carboxylic acids is 1. The summed E-state index contributed by atoms with van der Waals surface area (Å²) in [5.74, 6) is 0.127. The van der Waals surface area contributed by atoms with Gasteiger partial charge in [0, 0.05) is 25.1 Å². The first-order chi connectivity index (χ1) is 7.28. The maximum atomic E-state index is 11.0. The van der Waals surface area contributed by atoms with Crippen molar-refractivity contribution in [3.05, 3.63) is 11.9 Å². The zero-order valence-corrected chi connectivity index (χ0v) is 8.52. The summed E-state index contributed by atoms with van der Waals surface area (Å²) in [6, 6.07) is 0.199. The van der Waals surface area contributed by atoms with Crippen molar-refractivity contribution in [2.75, 3.05) is 6.54 Å². The van der Waals surface area contributed by atoms with Crippen LogP contribution in [0.15, 0.2) is 6.20 Å². The Morgan fingerprint density at radius 2 is 2.53 bits per heavy atom. The number of rotatable bonds is 4. The fourth-order valence-corrected chi connectivity index (χ4v) is 1.73. The van der Waals surface area contributed by atoms with Crippen LogP contribution in [0.1, 0.15) is 18.5 Å². The number of nitrogens with zero attached hydrogens (tertiary/aromatic N) is 3. The number of hydrogen-bond donors (Lipinski definition) is 2. The maximum absolute atomic E-state index is 11.0. The van der Waals surface area contributed by atoms with Crippen molar-refractivity contribution in [2.24, 2.45) is 5.73 Å². The molecule has 0 aromatic carbocycles. The molecule has 2 rings (SSSR count). The lowest BCUT2D eigenvalue weighted by molar-refractivity contribution is -0.119. The van der Waals surface area contributed by atoms with Gasteiger partial charge in [-0.15, -0.1) is 5.10 Å². The molecule has 1 fully saturated rings. The first kappa shape index (κ1) is 10.1. The normalized spacial score (nSPS) is 20.6. The SMILES string of the molecule is NCCc1cn(CC2CCC(=O)N2)nn1. The summed E-state index contributed by atoms with van der Waals surface area (Å²) in [6.45, 7) is 1.28. The molecular formula is C9H15N5O. The monoisotopic (exact) mass is 209 g/mol. The van der Waals surface area contributed by atoms with Crippen LogP contribution in [0.5, 0.6) is 0 Å². The van der Waals surface area contributed by atoms with Crippen molar-refractivity contribution in [3.63, 3.8) is 0 Å². The third-order valence-electron chi connectivity index (χ3n) is 2.48. The summed E-state index contributed by atoms with van der Waals surface area (Å²) in [7, 11) is 0. The van der Waals surface area contributed by atoms with E-state index in [-0.39, 0.29) is 11.9 Å². The van der Waals surface area contributed by atoms with E-state index in [1.54, 1.807) is 4.68 Å². The van der Waals surface area contributed by atoms with E-state index in [1.165, 1.54) is 0 Å². The molecule has 0 saturated carbocycles. The van der Waals surface area contributed by atoms with Crippen LogP contribution in [0, 0.1) is 0 Å². The number of aromatic nitrogens is 3. The summed E-state index contributed by atoms with van der Waals surface area (Å²) < 4.78 is 1.77. The Balaban J connectivity index is 1.90. The zero-order chi connectivity index (χ0) is 10.7. The van der Waals surface area contributed by atoms with Gasteiger partial charge < -0.3 is 11.1 Å². The molecule has 1 saturated heterocycles. The van der Waals surface area contributed by atoms with Crippen LogP contribution in [0.2, 0.25) is 0 Å². The van der Waals surface area contributed by atoms with Gasteiger partial charge in [-0.05, 0) is 13.0 Å². The fraction of sp³-hybridized carbons (Fsp3) is 0.667. The lowest BCUT2D eigenvalue weighted by Crippen LogP contribution is -2.29. The Hall–Kier alpha value is -1.43. The van der Waals surface area contributed by atoms with E-state index in [4.69, 9.17) is 5.73 Å². The summed E-state index contributed by atoms with van der Waals surface area (Å²) >= 11 is 0. The second kappa shape index (κ2) is 4.39. The Morgan fingerprint density at radius 1 is 1.67 bits per heavy atom. The van der Waals surface area contributed by atoms with Gasteiger partial charge in [0.05, 0.1) is 12.2 Å². The molecule has 1 amide bonds. The van der Waals surface area contributed by atoms with Gasteiger partial charge in [0.15, 0.2) is 0 Å². The van der Waals surface area contributed by atoms with Crippen LogP contribution in [0.25, 0.3) is 0 Å². The second-order valence-electron chi connectivity index (χ2n) is 3.77. The highest BCUT2D eigenvalue weighted by atomic mass is 16.1. The van der Waals surface area contributed by atoms with Gasteiger partial charge in [-0.3, -0.25) is 9.48 Å². The zero-order valence-electron chi connectivity index (χ0n) is 8.52. The highest BCUT2D eigenvalue weighted by Gasteiger charge is 2.21. The molecule has 1 aromatic heterocycles. The number of nitrogens with two attached hydrogens (primary N) is 1. The van der Waals surface area contributed by atoms with E-state index >= 15 is 0 Å². The van der Waals surface area contributed by atoms with Crippen LogP contribution in [-0.2, 0) is 17.8 Å². The van der Waals surface area contributed by atoms with Gasteiger partial charge in [0.2, 0.25) is 5.91 Å². The minimum absolute atomic E-state index is 0.127. The molecule has 0 spiro atoms. The van der Waals surface area contributed by atoms with Crippen molar-refractivity contribution in [1.82, 2.24) is 20.3 Å². The van der Waals surface area contributed by atoms with Crippen LogP contribution < -0.4 is 11.1 Å². The van der Waals surface area contributed by atoms with Gasteiger partial charge in [-0.1, -0.05) is 5.21 Å². The molecule has 1 aliphatic rings. The number of amides is 1. The van der Waals surface area contributed by atoms with E-state index < -0.39 is 0 Å². The Morgan fingerprint density at radius 3 is 3.20 bits per heavy atom. The molecule has 0 aliphatic carbocycles. The quantitative estimate of drug-likeness (QED) is 0.670. The smallest absolute Gasteiger partial charge is 0.220 e. The minimum atomic E-state index is 0.127. The van der Waals surface area contributed by atoms with Crippen molar-refractivity contribution < 1.29 is 4.79 Å².